The molecule has 0 spiro atoms. The molecule has 0 amide bonds. The number of hydrogen-bond donors (Lipinski definition) is 1. The molecule has 0 aromatic heterocycles. The molecule has 0 fully saturated rings. The summed E-state index contributed by atoms with van der Waals surface area (Å²) in [5.41, 5.74) is 0.356. The molecule has 0 aliphatic rings. The van der Waals surface area contributed by atoms with Gasteiger partial charge in [0.05, 0.1) is 12.9 Å². The standard InChI is InChI=1S/C12H15ClO5S/c1-3-11(12(14)15)19(16,17)7-8-6-9(13)4-5-10(8)18-2/h4-6,11H,3,7H2,1-2H3,(H,14,15). The predicted molar refractivity (Wildman–Crippen MR) is 72.3 cm³/mol. The molecule has 1 rings (SSSR count). The number of rotatable bonds is 6. The Morgan fingerprint density at radius 2 is 2.11 bits per heavy atom. The second-order valence-electron chi connectivity index (χ2n) is 4.00. The third-order valence-electron chi connectivity index (χ3n) is 2.68. The van der Waals surface area contributed by atoms with Gasteiger partial charge in [-0.3, -0.25) is 4.79 Å². The Morgan fingerprint density at radius 3 is 2.58 bits per heavy atom. The van der Waals surface area contributed by atoms with Gasteiger partial charge in [0.2, 0.25) is 0 Å². The van der Waals surface area contributed by atoms with Gasteiger partial charge in [-0.05, 0) is 24.6 Å². The molecular weight excluding hydrogens is 292 g/mol. The topological polar surface area (TPSA) is 80.7 Å². The van der Waals surface area contributed by atoms with Crippen LogP contribution in [0.2, 0.25) is 5.02 Å². The van der Waals surface area contributed by atoms with Crippen molar-refractivity contribution in [2.75, 3.05) is 7.11 Å². The number of carbonyl (C=O) groups is 1. The normalized spacial score (nSPS) is 13.0. The molecule has 0 bridgehead atoms. The monoisotopic (exact) mass is 306 g/mol. The van der Waals surface area contributed by atoms with Gasteiger partial charge in [0, 0.05) is 10.6 Å². The minimum absolute atomic E-state index is 0.0144. The number of aliphatic carboxylic acids is 1. The third-order valence-corrected chi connectivity index (χ3v) is 5.03. The van der Waals surface area contributed by atoms with Crippen LogP contribution in [0.25, 0.3) is 0 Å². The molecule has 1 aromatic rings. The van der Waals surface area contributed by atoms with E-state index in [4.69, 9.17) is 21.4 Å². The lowest BCUT2D eigenvalue weighted by atomic mass is 10.2. The summed E-state index contributed by atoms with van der Waals surface area (Å²) in [5, 5.41) is 7.88. The van der Waals surface area contributed by atoms with Gasteiger partial charge in [-0.25, -0.2) is 8.42 Å². The first-order chi connectivity index (χ1) is 8.81. The van der Waals surface area contributed by atoms with Crippen LogP contribution < -0.4 is 4.74 Å². The smallest absolute Gasteiger partial charge is 0.321 e. The average molecular weight is 307 g/mol. The summed E-state index contributed by atoms with van der Waals surface area (Å²) < 4.78 is 29.2. The molecule has 0 aliphatic heterocycles. The van der Waals surface area contributed by atoms with Crippen molar-refractivity contribution in [2.24, 2.45) is 0 Å². The summed E-state index contributed by atoms with van der Waals surface area (Å²) in [4.78, 5) is 11.0. The summed E-state index contributed by atoms with van der Waals surface area (Å²) in [7, 11) is -2.40. The van der Waals surface area contributed by atoms with Crippen molar-refractivity contribution in [3.8, 4) is 5.75 Å². The summed E-state index contributed by atoms with van der Waals surface area (Å²) in [6, 6.07) is 4.59. The number of carboxylic acids is 1. The highest BCUT2D eigenvalue weighted by Crippen LogP contribution is 2.26. The van der Waals surface area contributed by atoms with Crippen molar-refractivity contribution in [3.05, 3.63) is 28.8 Å². The molecule has 1 N–H and O–H groups in total. The van der Waals surface area contributed by atoms with Crippen molar-refractivity contribution >= 4 is 27.4 Å². The maximum atomic E-state index is 12.1. The lowest BCUT2D eigenvalue weighted by molar-refractivity contribution is -0.136. The molecule has 106 valence electrons. The highest BCUT2D eigenvalue weighted by molar-refractivity contribution is 7.92. The quantitative estimate of drug-likeness (QED) is 0.870. The zero-order valence-corrected chi connectivity index (χ0v) is 12.2. The lowest BCUT2D eigenvalue weighted by Gasteiger charge is -2.13. The first-order valence-electron chi connectivity index (χ1n) is 5.58. The summed E-state index contributed by atoms with van der Waals surface area (Å²) >= 11 is 5.81. The number of benzene rings is 1. The first kappa shape index (κ1) is 15.8. The zero-order valence-electron chi connectivity index (χ0n) is 10.6. The SMILES string of the molecule is CCC(C(=O)O)S(=O)(=O)Cc1cc(Cl)ccc1OC. The minimum Gasteiger partial charge on any atom is -0.496 e. The van der Waals surface area contributed by atoms with Crippen LogP contribution in [0, 0.1) is 0 Å². The van der Waals surface area contributed by atoms with E-state index in [9.17, 15) is 13.2 Å². The summed E-state index contributed by atoms with van der Waals surface area (Å²) in [5.74, 6) is -1.39. The van der Waals surface area contributed by atoms with E-state index in [1.54, 1.807) is 12.1 Å². The lowest BCUT2D eigenvalue weighted by Crippen LogP contribution is -2.30. The van der Waals surface area contributed by atoms with Gasteiger partial charge < -0.3 is 9.84 Å². The second kappa shape index (κ2) is 6.25. The van der Waals surface area contributed by atoms with Gasteiger partial charge >= 0.3 is 5.97 Å². The van der Waals surface area contributed by atoms with E-state index in [1.165, 1.54) is 20.1 Å². The van der Waals surface area contributed by atoms with E-state index in [0.717, 1.165) is 0 Å². The fourth-order valence-corrected chi connectivity index (χ4v) is 3.63. The van der Waals surface area contributed by atoms with Crippen molar-refractivity contribution in [1.29, 1.82) is 0 Å². The van der Waals surface area contributed by atoms with Crippen LogP contribution in [0.3, 0.4) is 0 Å². The molecule has 5 nitrogen and oxygen atoms in total. The van der Waals surface area contributed by atoms with Gasteiger partial charge in [0.25, 0.3) is 0 Å². The molecule has 0 heterocycles. The molecule has 19 heavy (non-hydrogen) atoms. The number of ether oxygens (including phenoxy) is 1. The van der Waals surface area contributed by atoms with Crippen molar-refractivity contribution in [2.45, 2.75) is 24.3 Å². The molecule has 0 saturated heterocycles. The average Bonchev–Trinajstić information content (AvgIpc) is 2.28. The van der Waals surface area contributed by atoms with Gasteiger partial charge in [0.1, 0.15) is 5.75 Å². The van der Waals surface area contributed by atoms with Crippen LogP contribution in [-0.2, 0) is 20.4 Å². The Bertz CT molecular complexity index is 567. The fraction of sp³-hybridized carbons (Fsp3) is 0.417. The number of carboxylic acid groups (broad SMARTS) is 1. The second-order valence-corrected chi connectivity index (χ2v) is 6.62. The molecular formula is C12H15ClO5S. The summed E-state index contributed by atoms with van der Waals surface area (Å²) in [6.45, 7) is 1.52. The number of hydrogen-bond acceptors (Lipinski definition) is 4. The third kappa shape index (κ3) is 3.84. The number of halogens is 1. The van der Waals surface area contributed by atoms with Gasteiger partial charge in [-0.2, -0.15) is 0 Å². The zero-order chi connectivity index (χ0) is 14.6. The van der Waals surface area contributed by atoms with Gasteiger partial charge in [0.15, 0.2) is 15.1 Å². The van der Waals surface area contributed by atoms with E-state index >= 15 is 0 Å². The van der Waals surface area contributed by atoms with Crippen molar-refractivity contribution < 1.29 is 23.1 Å². The van der Waals surface area contributed by atoms with E-state index in [0.29, 0.717) is 16.3 Å². The molecule has 0 saturated carbocycles. The van der Waals surface area contributed by atoms with Crippen LogP contribution in [0.4, 0.5) is 0 Å². The fourth-order valence-electron chi connectivity index (χ4n) is 1.76. The van der Waals surface area contributed by atoms with Crippen LogP contribution in [0.15, 0.2) is 18.2 Å². The molecule has 0 radical (unpaired) electrons. The van der Waals surface area contributed by atoms with Gasteiger partial charge in [-0.15, -0.1) is 0 Å². The van der Waals surface area contributed by atoms with Crippen LogP contribution >= 0.6 is 11.6 Å². The van der Waals surface area contributed by atoms with E-state index < -0.39 is 26.8 Å². The van der Waals surface area contributed by atoms with Crippen LogP contribution in [0.1, 0.15) is 18.9 Å². The molecule has 1 atom stereocenters. The van der Waals surface area contributed by atoms with Crippen molar-refractivity contribution in [1.82, 2.24) is 0 Å². The maximum absolute atomic E-state index is 12.1. The van der Waals surface area contributed by atoms with Crippen molar-refractivity contribution in [3.63, 3.8) is 0 Å². The van der Waals surface area contributed by atoms with Crippen LogP contribution in [-0.4, -0.2) is 31.9 Å². The minimum atomic E-state index is -3.81. The van der Waals surface area contributed by atoms with Gasteiger partial charge in [-0.1, -0.05) is 18.5 Å². The maximum Gasteiger partial charge on any atom is 0.321 e. The summed E-state index contributed by atoms with van der Waals surface area (Å²) in [6.07, 6.45) is 0.0144. The molecule has 1 unspecified atom stereocenters. The molecule has 1 aromatic carbocycles. The Labute approximate surface area is 117 Å². The molecule has 7 heteroatoms. The first-order valence-corrected chi connectivity index (χ1v) is 7.68. The Morgan fingerprint density at radius 1 is 1.47 bits per heavy atom. The van der Waals surface area contributed by atoms with Crippen LogP contribution in [0.5, 0.6) is 5.75 Å². The largest absolute Gasteiger partial charge is 0.496 e. The Balaban J connectivity index is 3.14. The van der Waals surface area contributed by atoms with E-state index in [1.807, 2.05) is 0 Å². The highest BCUT2D eigenvalue weighted by atomic mass is 35.5. The number of methoxy groups -OCH3 is 1. The van der Waals surface area contributed by atoms with E-state index in [2.05, 4.69) is 0 Å². The highest BCUT2D eigenvalue weighted by Gasteiger charge is 2.31. The number of sulfone groups is 1. The molecule has 0 aliphatic carbocycles. The predicted octanol–water partition coefficient (Wildman–Crippen LogP) is 2.13. The Hall–Kier alpha value is -1.27. The van der Waals surface area contributed by atoms with E-state index in [-0.39, 0.29) is 6.42 Å². The Kier molecular flexibility index (Phi) is 5.20.